The standard InChI is InChI=1S/C25H19NO5/c1-2-21(22(27)16-8-4-3-5-9-16)31-25(30)17-12-14-18(15-13-17)26-23(28)19-10-6-7-11-20(19)24(26)29/h3-15,21H,2H2,1H3/t21-/m1/s1. The predicted molar refractivity (Wildman–Crippen MR) is 114 cm³/mol. The first-order valence-electron chi connectivity index (χ1n) is 9.89. The van der Waals surface area contributed by atoms with E-state index in [0.717, 1.165) is 4.90 Å². The molecule has 1 aliphatic rings. The molecule has 1 atom stereocenters. The number of hydrogen-bond acceptors (Lipinski definition) is 5. The molecule has 0 aliphatic carbocycles. The van der Waals surface area contributed by atoms with E-state index >= 15 is 0 Å². The molecule has 0 saturated heterocycles. The predicted octanol–water partition coefficient (Wildman–Crippen LogP) is 4.31. The lowest BCUT2D eigenvalue weighted by atomic mass is 10.0. The Morgan fingerprint density at radius 1 is 0.774 bits per heavy atom. The van der Waals surface area contributed by atoms with E-state index in [1.54, 1.807) is 61.5 Å². The lowest BCUT2D eigenvalue weighted by Crippen LogP contribution is -2.29. The van der Waals surface area contributed by atoms with Crippen molar-refractivity contribution in [2.45, 2.75) is 19.4 Å². The van der Waals surface area contributed by atoms with E-state index in [1.165, 1.54) is 24.3 Å². The molecule has 154 valence electrons. The van der Waals surface area contributed by atoms with Gasteiger partial charge in [0.1, 0.15) is 0 Å². The molecule has 3 aromatic carbocycles. The number of amides is 2. The second-order valence-corrected chi connectivity index (χ2v) is 7.07. The highest BCUT2D eigenvalue weighted by Gasteiger charge is 2.36. The zero-order valence-corrected chi connectivity index (χ0v) is 16.8. The Bertz CT molecular complexity index is 1130. The third-order valence-electron chi connectivity index (χ3n) is 5.13. The van der Waals surface area contributed by atoms with Crippen LogP contribution in [0.25, 0.3) is 0 Å². The minimum atomic E-state index is -0.897. The van der Waals surface area contributed by atoms with Gasteiger partial charge in [-0.2, -0.15) is 0 Å². The molecule has 6 nitrogen and oxygen atoms in total. The van der Waals surface area contributed by atoms with Gasteiger partial charge in [-0.1, -0.05) is 49.4 Å². The first kappa shape index (κ1) is 20.2. The topological polar surface area (TPSA) is 80.8 Å². The highest BCUT2D eigenvalue weighted by atomic mass is 16.5. The number of carbonyl (C=O) groups excluding carboxylic acids is 4. The fourth-order valence-electron chi connectivity index (χ4n) is 3.48. The van der Waals surface area contributed by atoms with E-state index in [4.69, 9.17) is 4.74 Å². The second kappa shape index (κ2) is 8.36. The van der Waals surface area contributed by atoms with Crippen molar-refractivity contribution in [2.24, 2.45) is 0 Å². The maximum Gasteiger partial charge on any atom is 0.338 e. The summed E-state index contributed by atoms with van der Waals surface area (Å²) in [4.78, 5) is 51.4. The fraction of sp³-hybridized carbons (Fsp3) is 0.120. The van der Waals surface area contributed by atoms with Gasteiger partial charge in [-0.25, -0.2) is 9.69 Å². The van der Waals surface area contributed by atoms with Gasteiger partial charge in [0.2, 0.25) is 5.78 Å². The van der Waals surface area contributed by atoms with Crippen molar-refractivity contribution in [1.82, 2.24) is 0 Å². The van der Waals surface area contributed by atoms with Crippen LogP contribution in [0.1, 0.15) is 54.8 Å². The van der Waals surface area contributed by atoms with Crippen LogP contribution in [0.4, 0.5) is 5.69 Å². The number of Topliss-reactive ketones (excluding diaryl/α,β-unsaturated/α-hetero) is 1. The van der Waals surface area contributed by atoms with E-state index in [2.05, 4.69) is 0 Å². The molecule has 4 rings (SSSR count). The zero-order valence-electron chi connectivity index (χ0n) is 16.8. The number of imide groups is 1. The summed E-state index contributed by atoms with van der Waals surface area (Å²) in [7, 11) is 0. The number of benzene rings is 3. The Kier molecular flexibility index (Phi) is 5.45. The van der Waals surface area contributed by atoms with Gasteiger partial charge in [0.25, 0.3) is 11.8 Å². The molecular formula is C25H19NO5. The van der Waals surface area contributed by atoms with Crippen LogP contribution in [-0.4, -0.2) is 29.7 Å². The molecule has 0 fully saturated rings. The van der Waals surface area contributed by atoms with Crippen molar-refractivity contribution < 1.29 is 23.9 Å². The summed E-state index contributed by atoms with van der Waals surface area (Å²) in [6.45, 7) is 1.77. The van der Waals surface area contributed by atoms with Gasteiger partial charge < -0.3 is 4.74 Å². The fourth-order valence-corrected chi connectivity index (χ4v) is 3.48. The second-order valence-electron chi connectivity index (χ2n) is 7.07. The Balaban J connectivity index is 1.49. The summed E-state index contributed by atoms with van der Waals surface area (Å²) < 4.78 is 5.42. The van der Waals surface area contributed by atoms with Crippen LogP contribution in [0.5, 0.6) is 0 Å². The lowest BCUT2D eigenvalue weighted by molar-refractivity contribution is 0.0277. The molecular weight excluding hydrogens is 394 g/mol. The van der Waals surface area contributed by atoms with Crippen LogP contribution in [0, 0.1) is 0 Å². The maximum atomic E-state index is 12.6. The van der Waals surface area contributed by atoms with Crippen molar-refractivity contribution >= 4 is 29.3 Å². The third-order valence-corrected chi connectivity index (χ3v) is 5.13. The number of hydrogen-bond donors (Lipinski definition) is 0. The molecule has 0 spiro atoms. The molecule has 0 bridgehead atoms. The average molecular weight is 413 g/mol. The summed E-state index contributed by atoms with van der Waals surface area (Å²) in [5.74, 6) is -1.73. The van der Waals surface area contributed by atoms with Crippen LogP contribution in [0.15, 0.2) is 78.9 Å². The van der Waals surface area contributed by atoms with Crippen LogP contribution in [0.2, 0.25) is 0 Å². The summed E-state index contributed by atoms with van der Waals surface area (Å²) >= 11 is 0. The van der Waals surface area contributed by atoms with Gasteiger partial charge >= 0.3 is 5.97 Å². The molecule has 6 heteroatoms. The quantitative estimate of drug-likeness (QED) is 0.342. The molecule has 0 aromatic heterocycles. The number of esters is 1. The molecule has 2 amide bonds. The monoisotopic (exact) mass is 413 g/mol. The van der Waals surface area contributed by atoms with E-state index in [9.17, 15) is 19.2 Å². The number of nitrogens with zero attached hydrogens (tertiary/aromatic N) is 1. The average Bonchev–Trinajstić information content (AvgIpc) is 3.07. The normalized spacial score (nSPS) is 13.6. The number of ketones is 1. The smallest absolute Gasteiger partial charge is 0.338 e. The van der Waals surface area contributed by atoms with Crippen LogP contribution < -0.4 is 4.90 Å². The van der Waals surface area contributed by atoms with Crippen molar-refractivity contribution in [3.05, 3.63) is 101 Å². The minimum Gasteiger partial charge on any atom is -0.450 e. The zero-order chi connectivity index (χ0) is 22.0. The van der Waals surface area contributed by atoms with Crippen molar-refractivity contribution in [2.75, 3.05) is 4.90 Å². The molecule has 0 N–H and O–H groups in total. The molecule has 1 heterocycles. The highest BCUT2D eigenvalue weighted by Crippen LogP contribution is 2.28. The number of carbonyl (C=O) groups is 4. The summed E-state index contributed by atoms with van der Waals surface area (Å²) in [6, 6.07) is 21.2. The number of ether oxygens (including phenoxy) is 1. The van der Waals surface area contributed by atoms with Crippen LogP contribution >= 0.6 is 0 Å². The summed E-state index contributed by atoms with van der Waals surface area (Å²) in [5, 5.41) is 0. The minimum absolute atomic E-state index is 0.222. The largest absolute Gasteiger partial charge is 0.450 e. The summed E-state index contributed by atoms with van der Waals surface area (Å²) in [6.07, 6.45) is -0.558. The van der Waals surface area contributed by atoms with Crippen molar-refractivity contribution in [1.29, 1.82) is 0 Å². The van der Waals surface area contributed by atoms with Crippen molar-refractivity contribution in [3.8, 4) is 0 Å². The number of rotatable bonds is 6. The Morgan fingerprint density at radius 2 is 1.32 bits per heavy atom. The molecule has 0 radical (unpaired) electrons. The van der Waals surface area contributed by atoms with E-state index in [-0.39, 0.29) is 11.3 Å². The maximum absolute atomic E-state index is 12.6. The van der Waals surface area contributed by atoms with Gasteiger partial charge in [-0.3, -0.25) is 14.4 Å². The molecule has 0 unspecified atom stereocenters. The summed E-state index contributed by atoms with van der Waals surface area (Å²) in [5.41, 5.74) is 1.75. The Labute approximate surface area is 179 Å². The van der Waals surface area contributed by atoms with Gasteiger partial charge in [0.05, 0.1) is 22.4 Å². The van der Waals surface area contributed by atoms with Gasteiger partial charge in [0.15, 0.2) is 6.10 Å². The number of fused-ring (bicyclic) bond motifs is 1. The molecule has 1 aliphatic heterocycles. The molecule has 31 heavy (non-hydrogen) atoms. The van der Waals surface area contributed by atoms with E-state index < -0.39 is 23.9 Å². The number of anilines is 1. The lowest BCUT2D eigenvalue weighted by Gasteiger charge is -2.16. The Hall–Kier alpha value is -4.06. The van der Waals surface area contributed by atoms with Crippen molar-refractivity contribution in [3.63, 3.8) is 0 Å². The first-order valence-corrected chi connectivity index (χ1v) is 9.89. The van der Waals surface area contributed by atoms with Crippen LogP contribution in [-0.2, 0) is 4.74 Å². The van der Waals surface area contributed by atoms with Crippen LogP contribution in [0.3, 0.4) is 0 Å². The van der Waals surface area contributed by atoms with Gasteiger partial charge in [0, 0.05) is 5.56 Å². The molecule has 0 saturated carbocycles. The SMILES string of the molecule is CC[C@@H](OC(=O)c1ccc(N2C(=O)c3ccccc3C2=O)cc1)C(=O)c1ccccc1. The first-order chi connectivity index (χ1) is 15.0. The van der Waals surface area contributed by atoms with Gasteiger partial charge in [-0.05, 0) is 42.8 Å². The third kappa shape index (κ3) is 3.75. The van der Waals surface area contributed by atoms with E-state index in [1.807, 2.05) is 0 Å². The van der Waals surface area contributed by atoms with E-state index in [0.29, 0.717) is 28.8 Å². The Morgan fingerprint density at radius 3 is 1.87 bits per heavy atom. The van der Waals surface area contributed by atoms with Gasteiger partial charge in [-0.15, -0.1) is 0 Å². The highest BCUT2D eigenvalue weighted by molar-refractivity contribution is 6.34. The molecule has 3 aromatic rings.